The van der Waals surface area contributed by atoms with Gasteiger partial charge in [-0.1, -0.05) is 6.07 Å². The van der Waals surface area contributed by atoms with Gasteiger partial charge in [0.05, 0.1) is 11.4 Å². The number of nitrogens with one attached hydrogen (secondary N) is 1. The number of aromatic nitrogens is 3. The van der Waals surface area contributed by atoms with Gasteiger partial charge in [-0.3, -0.25) is 4.98 Å². The fourth-order valence-corrected chi connectivity index (χ4v) is 1.22. The highest BCUT2D eigenvalue weighted by Crippen LogP contribution is 2.11. The van der Waals surface area contributed by atoms with Crippen molar-refractivity contribution in [2.75, 3.05) is 0 Å². The molecule has 4 nitrogen and oxygen atoms in total. The third kappa shape index (κ3) is 1.69. The van der Waals surface area contributed by atoms with Crippen molar-refractivity contribution in [3.05, 3.63) is 46.6 Å². The maximum atomic E-state index is 11.1. The summed E-state index contributed by atoms with van der Waals surface area (Å²) in [4.78, 5) is 21.6. The fraction of sp³-hybridized carbons (Fsp3) is 0.100. The van der Waals surface area contributed by atoms with Crippen LogP contribution in [0.4, 0.5) is 0 Å². The summed E-state index contributed by atoms with van der Waals surface area (Å²) in [6.07, 6.45) is 1.67. The fourth-order valence-electron chi connectivity index (χ4n) is 1.22. The maximum Gasteiger partial charge on any atom is 0.345 e. The Morgan fingerprint density at radius 3 is 2.79 bits per heavy atom. The average molecular weight is 187 g/mol. The van der Waals surface area contributed by atoms with Gasteiger partial charge in [-0.05, 0) is 25.1 Å². The van der Waals surface area contributed by atoms with E-state index in [2.05, 4.69) is 15.0 Å². The molecule has 2 rings (SSSR count). The second-order valence-electron chi connectivity index (χ2n) is 2.97. The van der Waals surface area contributed by atoms with Gasteiger partial charge in [0.2, 0.25) is 0 Å². The smallest absolute Gasteiger partial charge is 0.310 e. The van der Waals surface area contributed by atoms with E-state index in [9.17, 15) is 4.79 Å². The minimum atomic E-state index is -0.342. The van der Waals surface area contributed by atoms with Crippen LogP contribution in [0.3, 0.4) is 0 Å². The van der Waals surface area contributed by atoms with E-state index >= 15 is 0 Å². The zero-order valence-electron chi connectivity index (χ0n) is 7.69. The first-order chi connectivity index (χ1) is 6.75. The molecule has 0 saturated heterocycles. The van der Waals surface area contributed by atoms with Crippen LogP contribution in [0.25, 0.3) is 11.4 Å². The molecule has 0 aliphatic heterocycles. The summed E-state index contributed by atoms with van der Waals surface area (Å²) >= 11 is 0. The van der Waals surface area contributed by atoms with Crippen molar-refractivity contribution in [2.45, 2.75) is 6.92 Å². The van der Waals surface area contributed by atoms with E-state index in [1.807, 2.05) is 25.1 Å². The maximum absolute atomic E-state index is 11.1. The molecule has 0 aliphatic rings. The lowest BCUT2D eigenvalue weighted by molar-refractivity contribution is 1.03. The molecule has 0 amide bonds. The monoisotopic (exact) mass is 187 g/mol. The lowest BCUT2D eigenvalue weighted by atomic mass is 10.2. The second kappa shape index (κ2) is 3.41. The molecule has 14 heavy (non-hydrogen) atoms. The van der Waals surface area contributed by atoms with Gasteiger partial charge >= 0.3 is 5.69 Å². The summed E-state index contributed by atoms with van der Waals surface area (Å²) in [6, 6.07) is 7.30. The van der Waals surface area contributed by atoms with Crippen molar-refractivity contribution < 1.29 is 0 Å². The van der Waals surface area contributed by atoms with Crippen LogP contribution in [0.5, 0.6) is 0 Å². The zero-order chi connectivity index (χ0) is 9.97. The van der Waals surface area contributed by atoms with Crippen LogP contribution in [-0.4, -0.2) is 15.0 Å². The van der Waals surface area contributed by atoms with E-state index in [0.717, 1.165) is 5.69 Å². The van der Waals surface area contributed by atoms with Crippen LogP contribution < -0.4 is 5.69 Å². The molecule has 0 radical (unpaired) electrons. The average Bonchev–Trinajstić information content (AvgIpc) is 2.18. The third-order valence-corrected chi connectivity index (χ3v) is 1.81. The number of rotatable bonds is 1. The number of hydrogen-bond donors (Lipinski definition) is 1. The molecule has 0 fully saturated rings. The highest BCUT2D eigenvalue weighted by atomic mass is 16.1. The predicted molar refractivity (Wildman–Crippen MR) is 52.8 cm³/mol. The second-order valence-corrected chi connectivity index (χ2v) is 2.97. The van der Waals surface area contributed by atoms with Gasteiger partial charge in [0, 0.05) is 11.9 Å². The summed E-state index contributed by atoms with van der Waals surface area (Å²) in [5.41, 5.74) is 1.75. The lowest BCUT2D eigenvalue weighted by Gasteiger charge is -1.99. The standard InChI is InChI=1S/C10H9N3O/c1-7-6-9(13-10(14)12-7)8-4-2-3-5-11-8/h2-6H,1H3,(H,12,13,14). The molecule has 0 saturated carbocycles. The lowest BCUT2D eigenvalue weighted by Crippen LogP contribution is -2.12. The highest BCUT2D eigenvalue weighted by molar-refractivity contribution is 5.53. The molecule has 0 atom stereocenters. The Balaban J connectivity index is 2.58. The van der Waals surface area contributed by atoms with Gasteiger partial charge in [-0.2, -0.15) is 4.98 Å². The van der Waals surface area contributed by atoms with Crippen LogP contribution in [0.2, 0.25) is 0 Å². The van der Waals surface area contributed by atoms with Crippen molar-refractivity contribution in [3.8, 4) is 11.4 Å². The third-order valence-electron chi connectivity index (χ3n) is 1.81. The SMILES string of the molecule is Cc1cc(-c2ccccn2)nc(=O)[nH]1. The topological polar surface area (TPSA) is 58.6 Å². The molecular weight excluding hydrogens is 178 g/mol. The number of pyridine rings is 1. The molecule has 70 valence electrons. The quantitative estimate of drug-likeness (QED) is 0.728. The molecule has 2 aromatic heterocycles. The largest absolute Gasteiger partial charge is 0.345 e. The van der Waals surface area contributed by atoms with Crippen LogP contribution in [-0.2, 0) is 0 Å². The van der Waals surface area contributed by atoms with E-state index in [-0.39, 0.29) is 5.69 Å². The summed E-state index contributed by atoms with van der Waals surface area (Å²) in [5.74, 6) is 0. The van der Waals surface area contributed by atoms with E-state index in [1.165, 1.54) is 0 Å². The molecule has 2 heterocycles. The Morgan fingerprint density at radius 1 is 1.29 bits per heavy atom. The van der Waals surface area contributed by atoms with Gasteiger partial charge in [-0.15, -0.1) is 0 Å². The van der Waals surface area contributed by atoms with Crippen LogP contribution in [0.15, 0.2) is 35.3 Å². The first-order valence-electron chi connectivity index (χ1n) is 4.25. The highest BCUT2D eigenvalue weighted by Gasteiger charge is 2.01. The van der Waals surface area contributed by atoms with E-state index in [4.69, 9.17) is 0 Å². The van der Waals surface area contributed by atoms with Gasteiger partial charge < -0.3 is 4.98 Å². The Hall–Kier alpha value is -1.97. The minimum Gasteiger partial charge on any atom is -0.310 e. The Labute approximate surface area is 80.7 Å². The van der Waals surface area contributed by atoms with Crippen molar-refractivity contribution in [2.24, 2.45) is 0 Å². The van der Waals surface area contributed by atoms with Crippen LogP contribution in [0.1, 0.15) is 5.69 Å². The van der Waals surface area contributed by atoms with Crippen molar-refractivity contribution in [1.82, 2.24) is 15.0 Å². The number of nitrogens with zero attached hydrogens (tertiary/aromatic N) is 2. The van der Waals surface area contributed by atoms with E-state index < -0.39 is 0 Å². The molecule has 1 N–H and O–H groups in total. The number of H-pyrrole nitrogens is 1. The molecule has 0 spiro atoms. The van der Waals surface area contributed by atoms with Gasteiger partial charge in [0.25, 0.3) is 0 Å². The van der Waals surface area contributed by atoms with Crippen LogP contribution in [0, 0.1) is 6.92 Å². The number of aromatic amines is 1. The summed E-state index contributed by atoms with van der Waals surface area (Å²) in [5, 5.41) is 0. The molecule has 0 aliphatic carbocycles. The van der Waals surface area contributed by atoms with Crippen molar-refractivity contribution in [3.63, 3.8) is 0 Å². The predicted octanol–water partition coefficient (Wildman–Crippen LogP) is 1.14. The first-order valence-corrected chi connectivity index (χ1v) is 4.25. The van der Waals surface area contributed by atoms with E-state index in [1.54, 1.807) is 12.3 Å². The zero-order valence-corrected chi connectivity index (χ0v) is 7.69. The van der Waals surface area contributed by atoms with Crippen molar-refractivity contribution >= 4 is 0 Å². The molecular formula is C10H9N3O. The molecule has 2 aromatic rings. The number of hydrogen-bond acceptors (Lipinski definition) is 3. The van der Waals surface area contributed by atoms with E-state index in [0.29, 0.717) is 11.4 Å². The normalized spacial score (nSPS) is 10.1. The van der Waals surface area contributed by atoms with Crippen LogP contribution >= 0.6 is 0 Å². The first kappa shape index (κ1) is 8.62. The Morgan fingerprint density at radius 2 is 2.14 bits per heavy atom. The summed E-state index contributed by atoms with van der Waals surface area (Å²) in [7, 11) is 0. The Bertz CT molecular complexity index is 490. The van der Waals surface area contributed by atoms with Gasteiger partial charge in [-0.25, -0.2) is 4.79 Å². The number of aryl methyl sites for hydroxylation is 1. The molecule has 0 aromatic carbocycles. The van der Waals surface area contributed by atoms with Crippen molar-refractivity contribution in [1.29, 1.82) is 0 Å². The Kier molecular flexibility index (Phi) is 2.10. The minimum absolute atomic E-state index is 0.342. The molecule has 0 bridgehead atoms. The summed E-state index contributed by atoms with van der Waals surface area (Å²) < 4.78 is 0. The summed E-state index contributed by atoms with van der Waals surface area (Å²) in [6.45, 7) is 1.82. The molecule has 0 unspecified atom stereocenters. The van der Waals surface area contributed by atoms with Gasteiger partial charge in [0.1, 0.15) is 0 Å². The molecule has 4 heteroatoms. The van der Waals surface area contributed by atoms with Gasteiger partial charge in [0.15, 0.2) is 0 Å².